The van der Waals surface area contributed by atoms with Gasteiger partial charge in [0.25, 0.3) is 0 Å². The van der Waals surface area contributed by atoms with Crippen LogP contribution < -0.4 is 11.1 Å². The summed E-state index contributed by atoms with van der Waals surface area (Å²) in [5.74, 6) is 0. The molecule has 0 spiro atoms. The maximum absolute atomic E-state index is 11.7. The monoisotopic (exact) mass is 288 g/mol. The van der Waals surface area contributed by atoms with Crippen LogP contribution in [0.4, 0.5) is 4.79 Å². The molecule has 0 aromatic heterocycles. The first-order valence-electron chi connectivity index (χ1n) is 7.67. The standard InChI is InChI=1S/C16H24N4O/c1-11-3-5-13(6-4-11)15(12(2)17)19-7-8-20-14(10-19)9-18-16(20)21/h3-6,12,14-15H,7-10,17H2,1-2H3,(H,18,21). The average Bonchev–Trinajstić information content (AvgIpc) is 2.82. The van der Waals surface area contributed by atoms with E-state index in [9.17, 15) is 4.79 Å². The lowest BCUT2D eigenvalue weighted by atomic mass is 9.96. The molecule has 3 atom stereocenters. The molecule has 5 heteroatoms. The van der Waals surface area contributed by atoms with Crippen molar-refractivity contribution >= 4 is 6.03 Å². The molecule has 0 bridgehead atoms. The third kappa shape index (κ3) is 2.76. The van der Waals surface area contributed by atoms with Crippen LogP contribution in [0.5, 0.6) is 0 Å². The van der Waals surface area contributed by atoms with E-state index in [0.717, 1.165) is 26.2 Å². The zero-order chi connectivity index (χ0) is 15.0. The summed E-state index contributed by atoms with van der Waals surface area (Å²) in [6.45, 7) is 7.46. The van der Waals surface area contributed by atoms with Gasteiger partial charge in [-0.05, 0) is 19.4 Å². The number of nitrogens with one attached hydrogen (secondary N) is 1. The van der Waals surface area contributed by atoms with Crippen LogP contribution in [0, 0.1) is 6.92 Å². The number of rotatable bonds is 3. The maximum Gasteiger partial charge on any atom is 0.317 e. The summed E-state index contributed by atoms with van der Waals surface area (Å²) < 4.78 is 0. The summed E-state index contributed by atoms with van der Waals surface area (Å²) in [4.78, 5) is 16.1. The molecule has 3 N–H and O–H groups in total. The zero-order valence-corrected chi connectivity index (χ0v) is 12.7. The minimum absolute atomic E-state index is 0.0596. The van der Waals surface area contributed by atoms with Crippen LogP contribution in [0.2, 0.25) is 0 Å². The van der Waals surface area contributed by atoms with Gasteiger partial charge in [0.1, 0.15) is 0 Å². The highest BCUT2D eigenvalue weighted by Crippen LogP contribution is 2.27. The van der Waals surface area contributed by atoms with Gasteiger partial charge in [-0.3, -0.25) is 4.90 Å². The highest BCUT2D eigenvalue weighted by atomic mass is 16.2. The Morgan fingerprint density at radius 1 is 1.29 bits per heavy atom. The first-order chi connectivity index (χ1) is 10.1. The summed E-state index contributed by atoms with van der Waals surface area (Å²) in [5.41, 5.74) is 8.79. The van der Waals surface area contributed by atoms with Gasteiger partial charge in [0.15, 0.2) is 0 Å². The lowest BCUT2D eigenvalue weighted by Crippen LogP contribution is -2.55. The average molecular weight is 288 g/mol. The quantitative estimate of drug-likeness (QED) is 0.875. The van der Waals surface area contributed by atoms with E-state index in [1.54, 1.807) is 0 Å². The van der Waals surface area contributed by atoms with Crippen molar-refractivity contribution in [3.8, 4) is 0 Å². The first-order valence-corrected chi connectivity index (χ1v) is 7.67. The fourth-order valence-electron chi connectivity index (χ4n) is 3.49. The SMILES string of the molecule is Cc1ccc(C(C(C)N)N2CCN3C(=O)NCC3C2)cc1. The summed E-state index contributed by atoms with van der Waals surface area (Å²) >= 11 is 0. The van der Waals surface area contributed by atoms with Gasteiger partial charge in [-0.25, -0.2) is 4.79 Å². The van der Waals surface area contributed by atoms with Crippen LogP contribution in [0.1, 0.15) is 24.1 Å². The number of fused-ring (bicyclic) bond motifs is 1. The van der Waals surface area contributed by atoms with E-state index in [-0.39, 0.29) is 24.2 Å². The lowest BCUT2D eigenvalue weighted by molar-refractivity contribution is 0.0795. The number of benzene rings is 1. The van der Waals surface area contributed by atoms with E-state index in [1.807, 2.05) is 4.90 Å². The van der Waals surface area contributed by atoms with Crippen LogP contribution in [-0.2, 0) is 0 Å². The second kappa shape index (κ2) is 5.66. The van der Waals surface area contributed by atoms with Crippen LogP contribution in [0.15, 0.2) is 24.3 Å². The number of urea groups is 1. The number of aryl methyl sites for hydroxylation is 1. The van der Waals surface area contributed by atoms with E-state index in [1.165, 1.54) is 11.1 Å². The molecule has 0 saturated carbocycles. The first kappa shape index (κ1) is 14.4. The predicted molar refractivity (Wildman–Crippen MR) is 83.0 cm³/mol. The van der Waals surface area contributed by atoms with E-state index >= 15 is 0 Å². The molecule has 5 nitrogen and oxygen atoms in total. The zero-order valence-electron chi connectivity index (χ0n) is 12.7. The van der Waals surface area contributed by atoms with Crippen molar-refractivity contribution in [2.24, 2.45) is 5.73 Å². The molecule has 0 aliphatic carbocycles. The van der Waals surface area contributed by atoms with Gasteiger partial charge in [0.05, 0.1) is 6.04 Å². The Balaban J connectivity index is 1.79. The number of amides is 2. The molecule has 2 heterocycles. The van der Waals surface area contributed by atoms with Gasteiger partial charge in [-0.15, -0.1) is 0 Å². The minimum atomic E-state index is 0.0596. The second-order valence-corrected chi connectivity index (χ2v) is 6.24. The molecule has 114 valence electrons. The number of carbonyl (C=O) groups excluding carboxylic acids is 1. The van der Waals surface area contributed by atoms with Gasteiger partial charge >= 0.3 is 6.03 Å². The van der Waals surface area contributed by atoms with E-state index in [4.69, 9.17) is 5.73 Å². The largest absolute Gasteiger partial charge is 0.336 e. The van der Waals surface area contributed by atoms with E-state index < -0.39 is 0 Å². The Bertz CT molecular complexity index is 514. The smallest absolute Gasteiger partial charge is 0.317 e. The summed E-state index contributed by atoms with van der Waals surface area (Å²) in [6, 6.07) is 9.25. The van der Waals surface area contributed by atoms with Crippen molar-refractivity contribution in [3.05, 3.63) is 35.4 Å². The Labute approximate surface area is 126 Å². The third-order valence-corrected chi connectivity index (χ3v) is 4.57. The third-order valence-electron chi connectivity index (χ3n) is 4.57. The maximum atomic E-state index is 11.7. The van der Waals surface area contributed by atoms with Gasteiger partial charge in [0.2, 0.25) is 0 Å². The van der Waals surface area contributed by atoms with Gasteiger partial charge in [-0.2, -0.15) is 0 Å². The summed E-state index contributed by atoms with van der Waals surface area (Å²) in [7, 11) is 0. The van der Waals surface area contributed by atoms with Crippen molar-refractivity contribution in [2.75, 3.05) is 26.2 Å². The Morgan fingerprint density at radius 2 is 2.00 bits per heavy atom. The summed E-state index contributed by atoms with van der Waals surface area (Å²) in [6.07, 6.45) is 0. The van der Waals surface area contributed by atoms with Crippen LogP contribution in [0.25, 0.3) is 0 Å². The molecule has 3 unspecified atom stereocenters. The molecule has 1 aromatic rings. The number of hydrogen-bond donors (Lipinski definition) is 2. The number of hydrogen-bond acceptors (Lipinski definition) is 3. The molecule has 2 amide bonds. The molecular formula is C16H24N4O. The molecule has 2 aliphatic heterocycles. The van der Waals surface area contributed by atoms with Crippen molar-refractivity contribution in [2.45, 2.75) is 32.0 Å². The Kier molecular flexibility index (Phi) is 3.87. The number of piperazine rings is 1. The lowest BCUT2D eigenvalue weighted by Gasteiger charge is -2.42. The Morgan fingerprint density at radius 3 is 2.67 bits per heavy atom. The van der Waals surface area contributed by atoms with Crippen LogP contribution >= 0.6 is 0 Å². The molecule has 2 saturated heterocycles. The van der Waals surface area contributed by atoms with Gasteiger partial charge < -0.3 is 16.0 Å². The van der Waals surface area contributed by atoms with Crippen molar-refractivity contribution in [1.82, 2.24) is 15.1 Å². The normalized spacial score (nSPS) is 25.4. The molecule has 3 rings (SSSR count). The topological polar surface area (TPSA) is 61.6 Å². The molecule has 1 aromatic carbocycles. The van der Waals surface area contributed by atoms with Gasteiger partial charge in [0, 0.05) is 38.3 Å². The van der Waals surface area contributed by atoms with Crippen molar-refractivity contribution in [1.29, 1.82) is 0 Å². The molecule has 2 fully saturated rings. The fraction of sp³-hybridized carbons (Fsp3) is 0.562. The van der Waals surface area contributed by atoms with Crippen molar-refractivity contribution < 1.29 is 4.79 Å². The molecule has 2 aliphatic rings. The number of nitrogens with zero attached hydrogens (tertiary/aromatic N) is 2. The predicted octanol–water partition coefficient (Wildman–Crippen LogP) is 1.09. The second-order valence-electron chi connectivity index (χ2n) is 6.24. The van der Waals surface area contributed by atoms with E-state index in [0.29, 0.717) is 0 Å². The summed E-state index contributed by atoms with van der Waals surface area (Å²) in [5, 5.41) is 2.93. The minimum Gasteiger partial charge on any atom is -0.336 e. The highest BCUT2D eigenvalue weighted by Gasteiger charge is 2.38. The van der Waals surface area contributed by atoms with Gasteiger partial charge in [-0.1, -0.05) is 29.8 Å². The van der Waals surface area contributed by atoms with Crippen molar-refractivity contribution in [3.63, 3.8) is 0 Å². The Hall–Kier alpha value is -1.59. The van der Waals surface area contributed by atoms with E-state index in [2.05, 4.69) is 48.3 Å². The number of carbonyl (C=O) groups is 1. The molecule has 0 radical (unpaired) electrons. The fourth-order valence-corrected chi connectivity index (χ4v) is 3.49. The number of nitrogens with two attached hydrogens (primary N) is 1. The highest BCUT2D eigenvalue weighted by molar-refractivity contribution is 5.77. The molecule has 21 heavy (non-hydrogen) atoms. The van der Waals surface area contributed by atoms with Crippen LogP contribution in [0.3, 0.4) is 0 Å². The molecular weight excluding hydrogens is 264 g/mol. The van der Waals surface area contributed by atoms with Crippen LogP contribution in [-0.4, -0.2) is 54.1 Å².